The molecule has 0 amide bonds. The number of aryl methyl sites for hydroxylation is 1. The second-order valence-corrected chi connectivity index (χ2v) is 8.33. The molecule has 0 spiro atoms. The highest BCUT2D eigenvalue weighted by atomic mass is 32.2. The lowest BCUT2D eigenvalue weighted by Gasteiger charge is -2.33. The Morgan fingerprint density at radius 2 is 2.19 bits per heavy atom. The molecule has 2 N–H and O–H groups in total. The summed E-state index contributed by atoms with van der Waals surface area (Å²) in [6, 6.07) is 1.22. The standard InChI is InChI=1S/C13H19NO5S2/c1-9-8-11(20-12(9)13(16)17)21(18,19)14-6-3-2-4-10(14)5-7-15/h8,10,15H,2-7H2,1H3,(H,16,17). The van der Waals surface area contributed by atoms with Gasteiger partial charge < -0.3 is 10.2 Å². The average molecular weight is 333 g/mol. The number of aromatic carboxylic acids is 1. The number of carboxylic acid groups (broad SMARTS) is 1. The molecule has 0 saturated carbocycles. The van der Waals surface area contributed by atoms with Crippen LogP contribution >= 0.6 is 11.3 Å². The van der Waals surface area contributed by atoms with Gasteiger partial charge in [0.25, 0.3) is 10.0 Å². The van der Waals surface area contributed by atoms with E-state index in [4.69, 9.17) is 10.2 Å². The Balaban J connectivity index is 2.36. The second kappa shape index (κ2) is 6.43. The van der Waals surface area contributed by atoms with Crippen molar-refractivity contribution in [3.63, 3.8) is 0 Å². The number of carboxylic acids is 1. The third-order valence-electron chi connectivity index (χ3n) is 3.69. The zero-order valence-corrected chi connectivity index (χ0v) is 13.4. The Bertz CT molecular complexity index is 621. The Labute approximate surface area is 128 Å². The van der Waals surface area contributed by atoms with Crippen LogP contribution in [-0.4, -0.2) is 48.1 Å². The molecule has 0 radical (unpaired) electrons. The van der Waals surface area contributed by atoms with Crippen molar-refractivity contribution in [2.24, 2.45) is 0 Å². The molecule has 1 aliphatic heterocycles. The van der Waals surface area contributed by atoms with E-state index in [1.807, 2.05) is 0 Å². The van der Waals surface area contributed by atoms with E-state index in [-0.39, 0.29) is 21.7 Å². The molecule has 1 fully saturated rings. The molecule has 0 aromatic carbocycles. The molecule has 0 aliphatic carbocycles. The number of aliphatic hydroxyl groups is 1. The van der Waals surface area contributed by atoms with Crippen molar-refractivity contribution in [2.75, 3.05) is 13.2 Å². The van der Waals surface area contributed by atoms with Crippen LogP contribution in [0.1, 0.15) is 40.9 Å². The molecule has 2 rings (SSSR count). The third-order valence-corrected chi connectivity index (χ3v) is 7.31. The number of aliphatic hydroxyl groups excluding tert-OH is 1. The van der Waals surface area contributed by atoms with E-state index in [1.54, 1.807) is 6.92 Å². The van der Waals surface area contributed by atoms with Crippen molar-refractivity contribution in [1.82, 2.24) is 4.31 Å². The van der Waals surface area contributed by atoms with Gasteiger partial charge in [-0.25, -0.2) is 13.2 Å². The van der Waals surface area contributed by atoms with Crippen LogP contribution in [0.2, 0.25) is 0 Å². The van der Waals surface area contributed by atoms with Gasteiger partial charge in [-0.2, -0.15) is 4.31 Å². The second-order valence-electron chi connectivity index (χ2n) is 5.16. The summed E-state index contributed by atoms with van der Waals surface area (Å²) in [4.78, 5) is 11.1. The molecule has 1 saturated heterocycles. The van der Waals surface area contributed by atoms with Crippen LogP contribution in [0.25, 0.3) is 0 Å². The first-order valence-corrected chi connectivity index (χ1v) is 9.10. The summed E-state index contributed by atoms with van der Waals surface area (Å²) in [6.45, 7) is 1.97. The number of thiophene rings is 1. The first kappa shape index (κ1) is 16.4. The summed E-state index contributed by atoms with van der Waals surface area (Å²) < 4.78 is 26.9. The fraction of sp³-hybridized carbons (Fsp3) is 0.615. The first-order chi connectivity index (χ1) is 9.87. The van der Waals surface area contributed by atoms with Crippen molar-refractivity contribution in [2.45, 2.75) is 42.9 Å². The topological polar surface area (TPSA) is 94.9 Å². The van der Waals surface area contributed by atoms with Gasteiger partial charge >= 0.3 is 5.97 Å². The number of sulfonamides is 1. The lowest BCUT2D eigenvalue weighted by Crippen LogP contribution is -2.43. The fourth-order valence-corrected chi connectivity index (χ4v) is 5.87. The zero-order chi connectivity index (χ0) is 15.6. The lowest BCUT2D eigenvalue weighted by molar-refractivity contribution is 0.0701. The molecule has 1 aromatic rings. The van der Waals surface area contributed by atoms with Crippen molar-refractivity contribution in [3.05, 3.63) is 16.5 Å². The number of hydrogen-bond donors (Lipinski definition) is 2. The monoisotopic (exact) mass is 333 g/mol. The van der Waals surface area contributed by atoms with Crippen LogP contribution in [0.3, 0.4) is 0 Å². The molecule has 0 bridgehead atoms. The van der Waals surface area contributed by atoms with Gasteiger partial charge in [0.15, 0.2) is 0 Å². The maximum Gasteiger partial charge on any atom is 0.346 e. The Morgan fingerprint density at radius 3 is 2.76 bits per heavy atom. The van der Waals surface area contributed by atoms with Crippen molar-refractivity contribution < 1.29 is 23.4 Å². The molecule has 1 aliphatic rings. The minimum Gasteiger partial charge on any atom is -0.477 e. The third kappa shape index (κ3) is 3.28. The van der Waals surface area contributed by atoms with Gasteiger partial charge in [-0.05, 0) is 37.8 Å². The summed E-state index contributed by atoms with van der Waals surface area (Å²) in [6.07, 6.45) is 2.88. The summed E-state index contributed by atoms with van der Waals surface area (Å²) in [5.41, 5.74) is 0.460. The predicted octanol–water partition coefficient (Wildman–Crippen LogP) is 1.68. The van der Waals surface area contributed by atoms with Gasteiger partial charge in [0, 0.05) is 19.2 Å². The van der Waals surface area contributed by atoms with Gasteiger partial charge in [-0.1, -0.05) is 6.42 Å². The molecular formula is C13H19NO5S2. The summed E-state index contributed by atoms with van der Waals surface area (Å²) in [5.74, 6) is -1.11. The fourth-order valence-electron chi connectivity index (χ4n) is 2.64. The first-order valence-electron chi connectivity index (χ1n) is 6.84. The number of piperidine rings is 1. The minimum atomic E-state index is -3.69. The predicted molar refractivity (Wildman–Crippen MR) is 79.2 cm³/mol. The molecule has 1 unspecified atom stereocenters. The van der Waals surface area contributed by atoms with E-state index in [9.17, 15) is 13.2 Å². The van der Waals surface area contributed by atoms with Crippen LogP contribution in [0.4, 0.5) is 0 Å². The van der Waals surface area contributed by atoms with Gasteiger partial charge in [-0.3, -0.25) is 0 Å². The van der Waals surface area contributed by atoms with E-state index in [1.165, 1.54) is 10.4 Å². The van der Waals surface area contributed by atoms with Gasteiger partial charge in [0.2, 0.25) is 0 Å². The maximum absolute atomic E-state index is 12.7. The Kier molecular flexibility index (Phi) is 5.03. The molecule has 6 nitrogen and oxygen atoms in total. The number of carbonyl (C=O) groups is 1. The molecule has 21 heavy (non-hydrogen) atoms. The number of rotatable bonds is 5. The highest BCUT2D eigenvalue weighted by molar-refractivity contribution is 7.91. The van der Waals surface area contributed by atoms with Crippen molar-refractivity contribution >= 4 is 27.3 Å². The van der Waals surface area contributed by atoms with E-state index >= 15 is 0 Å². The number of nitrogens with zero attached hydrogens (tertiary/aromatic N) is 1. The summed E-state index contributed by atoms with van der Waals surface area (Å²) in [5, 5.41) is 18.2. The van der Waals surface area contributed by atoms with Gasteiger partial charge in [0.1, 0.15) is 9.09 Å². The van der Waals surface area contributed by atoms with Crippen LogP contribution in [-0.2, 0) is 10.0 Å². The molecule has 1 atom stereocenters. The van der Waals surface area contributed by atoms with Crippen LogP contribution in [0.15, 0.2) is 10.3 Å². The van der Waals surface area contributed by atoms with Crippen molar-refractivity contribution in [1.29, 1.82) is 0 Å². The molecular weight excluding hydrogens is 314 g/mol. The van der Waals surface area contributed by atoms with Crippen LogP contribution in [0.5, 0.6) is 0 Å². The van der Waals surface area contributed by atoms with Crippen LogP contribution < -0.4 is 0 Å². The highest BCUT2D eigenvalue weighted by Gasteiger charge is 2.34. The molecule has 1 aromatic heterocycles. The Morgan fingerprint density at radius 1 is 1.48 bits per heavy atom. The smallest absolute Gasteiger partial charge is 0.346 e. The van der Waals surface area contributed by atoms with Crippen LogP contribution in [0, 0.1) is 6.92 Å². The average Bonchev–Trinajstić information content (AvgIpc) is 2.82. The lowest BCUT2D eigenvalue weighted by atomic mass is 10.0. The van der Waals surface area contributed by atoms with Crippen molar-refractivity contribution in [3.8, 4) is 0 Å². The van der Waals surface area contributed by atoms with Gasteiger partial charge in [0.05, 0.1) is 0 Å². The normalized spacial score (nSPS) is 20.6. The van der Waals surface area contributed by atoms with Gasteiger partial charge in [-0.15, -0.1) is 11.3 Å². The largest absolute Gasteiger partial charge is 0.477 e. The summed E-state index contributed by atoms with van der Waals surface area (Å²) >= 11 is 0.797. The zero-order valence-electron chi connectivity index (χ0n) is 11.8. The molecule has 118 valence electrons. The highest BCUT2D eigenvalue weighted by Crippen LogP contribution is 2.32. The molecule has 8 heteroatoms. The maximum atomic E-state index is 12.7. The Hall–Kier alpha value is -0.960. The van der Waals surface area contributed by atoms with E-state index in [0.29, 0.717) is 18.5 Å². The van der Waals surface area contributed by atoms with E-state index < -0.39 is 16.0 Å². The van der Waals surface area contributed by atoms with E-state index in [2.05, 4.69) is 0 Å². The minimum absolute atomic E-state index is 0.0550. The van der Waals surface area contributed by atoms with E-state index in [0.717, 1.165) is 30.6 Å². The molecule has 2 heterocycles. The number of hydrogen-bond acceptors (Lipinski definition) is 5. The quantitative estimate of drug-likeness (QED) is 0.855. The summed E-state index contributed by atoms with van der Waals surface area (Å²) in [7, 11) is -3.69. The SMILES string of the molecule is Cc1cc(S(=O)(=O)N2CCCCC2CCO)sc1C(=O)O.